The second kappa shape index (κ2) is 8.99. The number of sulfonamides is 1. The summed E-state index contributed by atoms with van der Waals surface area (Å²) in [5.41, 5.74) is 2.57. The van der Waals surface area contributed by atoms with Crippen molar-refractivity contribution in [3.8, 4) is 0 Å². The van der Waals surface area contributed by atoms with E-state index in [0.29, 0.717) is 11.3 Å². The average molecular weight is 442 g/mol. The van der Waals surface area contributed by atoms with Crippen LogP contribution in [0.4, 0.5) is 5.69 Å². The van der Waals surface area contributed by atoms with E-state index < -0.39 is 10.0 Å². The summed E-state index contributed by atoms with van der Waals surface area (Å²) in [5, 5.41) is 3.72. The lowest BCUT2D eigenvalue weighted by molar-refractivity contribution is 0.102. The molecule has 1 heterocycles. The highest BCUT2D eigenvalue weighted by molar-refractivity contribution is 7.99. The molecule has 2 aromatic carbocycles. The molecule has 0 aliphatic heterocycles. The van der Waals surface area contributed by atoms with Crippen LogP contribution in [0.5, 0.6) is 0 Å². The topological polar surface area (TPSA) is 79.4 Å². The number of benzene rings is 2. The highest BCUT2D eigenvalue weighted by atomic mass is 32.2. The first-order valence-corrected chi connectivity index (χ1v) is 11.5. The van der Waals surface area contributed by atoms with Crippen LogP contribution < -0.4 is 5.32 Å². The smallest absolute Gasteiger partial charge is 0.255 e. The molecule has 30 heavy (non-hydrogen) atoms. The van der Waals surface area contributed by atoms with Gasteiger partial charge < -0.3 is 5.32 Å². The summed E-state index contributed by atoms with van der Waals surface area (Å²) < 4.78 is 26.1. The minimum atomic E-state index is -3.60. The number of rotatable bonds is 6. The molecule has 1 aromatic heterocycles. The van der Waals surface area contributed by atoms with Crippen LogP contribution in [0, 0.1) is 13.8 Å². The Hall–Kier alpha value is -2.68. The van der Waals surface area contributed by atoms with E-state index in [1.54, 1.807) is 24.4 Å². The zero-order valence-electron chi connectivity index (χ0n) is 17.2. The molecule has 0 bridgehead atoms. The lowest BCUT2D eigenvalue weighted by atomic mass is 10.1. The van der Waals surface area contributed by atoms with Gasteiger partial charge in [0.1, 0.15) is 5.03 Å². The van der Waals surface area contributed by atoms with Gasteiger partial charge in [0.05, 0.1) is 4.90 Å². The number of aryl methyl sites for hydroxylation is 1. The summed E-state index contributed by atoms with van der Waals surface area (Å²) in [4.78, 5) is 18.1. The van der Waals surface area contributed by atoms with Crippen molar-refractivity contribution >= 4 is 33.4 Å². The van der Waals surface area contributed by atoms with Gasteiger partial charge in [-0.05, 0) is 73.5 Å². The van der Waals surface area contributed by atoms with Crippen LogP contribution in [-0.2, 0) is 10.0 Å². The van der Waals surface area contributed by atoms with Crippen molar-refractivity contribution in [1.82, 2.24) is 9.29 Å². The lowest BCUT2D eigenvalue weighted by Crippen LogP contribution is -2.23. The van der Waals surface area contributed by atoms with Crippen LogP contribution in [0.2, 0.25) is 0 Å². The molecule has 0 atom stereocenters. The fourth-order valence-corrected chi connectivity index (χ4v) is 4.50. The van der Waals surface area contributed by atoms with Gasteiger partial charge >= 0.3 is 0 Å². The standard InChI is InChI=1S/C22H23N3O3S2/c1-15-13-19(30(27,28)25(3)4)14-20(16(15)2)24-22(26)17-8-10-18(11-9-17)29-21-7-5-6-12-23-21/h5-14H,1-4H3,(H,24,26). The summed E-state index contributed by atoms with van der Waals surface area (Å²) >= 11 is 1.51. The van der Waals surface area contributed by atoms with Gasteiger partial charge in [-0.1, -0.05) is 17.8 Å². The van der Waals surface area contributed by atoms with E-state index in [9.17, 15) is 13.2 Å². The Labute approximate surface area is 181 Å². The highest BCUT2D eigenvalue weighted by Crippen LogP contribution is 2.28. The number of pyridine rings is 1. The highest BCUT2D eigenvalue weighted by Gasteiger charge is 2.20. The largest absolute Gasteiger partial charge is 0.322 e. The number of hydrogen-bond donors (Lipinski definition) is 1. The van der Waals surface area contributed by atoms with Crippen molar-refractivity contribution in [3.05, 3.63) is 77.5 Å². The van der Waals surface area contributed by atoms with E-state index in [1.165, 1.54) is 31.9 Å². The van der Waals surface area contributed by atoms with Gasteiger partial charge in [-0.3, -0.25) is 4.79 Å². The van der Waals surface area contributed by atoms with Crippen LogP contribution in [0.15, 0.2) is 75.6 Å². The molecule has 0 radical (unpaired) electrons. The summed E-state index contributed by atoms with van der Waals surface area (Å²) in [7, 11) is -0.642. The Kier molecular flexibility index (Phi) is 6.60. The molecule has 156 valence electrons. The third kappa shape index (κ3) is 4.89. The van der Waals surface area contributed by atoms with Crippen molar-refractivity contribution in [2.45, 2.75) is 28.7 Å². The first kappa shape index (κ1) is 22.0. The quantitative estimate of drug-likeness (QED) is 0.615. The first-order valence-electron chi connectivity index (χ1n) is 9.22. The van der Waals surface area contributed by atoms with Crippen LogP contribution in [0.1, 0.15) is 21.5 Å². The second-order valence-electron chi connectivity index (χ2n) is 6.95. The predicted octanol–water partition coefficient (Wildman–Crippen LogP) is 4.35. The van der Waals surface area contributed by atoms with E-state index in [1.807, 2.05) is 44.2 Å². The third-order valence-electron chi connectivity index (χ3n) is 4.64. The number of nitrogens with one attached hydrogen (secondary N) is 1. The SMILES string of the molecule is Cc1cc(S(=O)(=O)N(C)C)cc(NC(=O)c2ccc(Sc3ccccn3)cc2)c1C. The van der Waals surface area contributed by atoms with Crippen molar-refractivity contribution in [1.29, 1.82) is 0 Å². The summed E-state index contributed by atoms with van der Waals surface area (Å²) in [6.45, 7) is 3.67. The first-order chi connectivity index (χ1) is 14.2. The van der Waals surface area contributed by atoms with Crippen LogP contribution in [0.3, 0.4) is 0 Å². The van der Waals surface area contributed by atoms with Crippen LogP contribution in [0.25, 0.3) is 0 Å². The van der Waals surface area contributed by atoms with Crippen molar-refractivity contribution in [2.75, 3.05) is 19.4 Å². The number of carbonyl (C=O) groups excluding carboxylic acids is 1. The predicted molar refractivity (Wildman–Crippen MR) is 120 cm³/mol. The molecule has 0 fully saturated rings. The monoisotopic (exact) mass is 441 g/mol. The Morgan fingerprint density at radius 2 is 1.73 bits per heavy atom. The third-order valence-corrected chi connectivity index (χ3v) is 7.40. The summed E-state index contributed by atoms with van der Waals surface area (Å²) in [6, 6.07) is 16.0. The molecular weight excluding hydrogens is 418 g/mol. The normalized spacial score (nSPS) is 11.5. The fraction of sp³-hybridized carbons (Fsp3) is 0.182. The zero-order valence-corrected chi connectivity index (χ0v) is 18.8. The minimum absolute atomic E-state index is 0.146. The van der Waals surface area contributed by atoms with Crippen molar-refractivity contribution < 1.29 is 13.2 Å². The molecule has 6 nitrogen and oxygen atoms in total. The molecule has 0 aliphatic rings. The van der Waals surface area contributed by atoms with E-state index in [-0.39, 0.29) is 10.8 Å². The van der Waals surface area contributed by atoms with E-state index in [2.05, 4.69) is 10.3 Å². The average Bonchev–Trinajstić information content (AvgIpc) is 2.72. The van der Waals surface area contributed by atoms with Crippen molar-refractivity contribution in [3.63, 3.8) is 0 Å². The summed E-state index contributed by atoms with van der Waals surface area (Å²) in [6.07, 6.45) is 1.74. The van der Waals surface area contributed by atoms with Gasteiger partial charge in [-0.15, -0.1) is 0 Å². The molecule has 0 unspecified atom stereocenters. The van der Waals surface area contributed by atoms with Crippen molar-refractivity contribution in [2.24, 2.45) is 0 Å². The van der Waals surface area contributed by atoms with E-state index in [0.717, 1.165) is 25.4 Å². The molecule has 0 saturated carbocycles. The second-order valence-corrected chi connectivity index (χ2v) is 10.2. The molecule has 3 aromatic rings. The number of hydrogen-bond acceptors (Lipinski definition) is 5. The molecule has 0 spiro atoms. The Morgan fingerprint density at radius 1 is 1.03 bits per heavy atom. The molecule has 0 aliphatic carbocycles. The number of amides is 1. The van der Waals surface area contributed by atoms with E-state index >= 15 is 0 Å². The number of anilines is 1. The summed E-state index contributed by atoms with van der Waals surface area (Å²) in [5.74, 6) is -0.300. The number of aromatic nitrogens is 1. The van der Waals surface area contributed by atoms with Gasteiger partial charge in [0, 0.05) is 36.4 Å². The van der Waals surface area contributed by atoms with Crippen LogP contribution in [-0.4, -0.2) is 37.7 Å². The van der Waals surface area contributed by atoms with E-state index in [4.69, 9.17) is 0 Å². The lowest BCUT2D eigenvalue weighted by Gasteiger charge is -2.16. The Balaban J connectivity index is 1.81. The van der Waals surface area contributed by atoms with Gasteiger partial charge in [-0.2, -0.15) is 0 Å². The Bertz CT molecular complexity index is 1160. The Morgan fingerprint density at radius 3 is 2.33 bits per heavy atom. The van der Waals surface area contributed by atoms with Gasteiger partial charge in [0.2, 0.25) is 10.0 Å². The maximum atomic E-state index is 12.8. The molecule has 1 amide bonds. The molecule has 3 rings (SSSR count). The zero-order chi connectivity index (χ0) is 21.9. The fourth-order valence-electron chi connectivity index (χ4n) is 2.71. The maximum absolute atomic E-state index is 12.8. The molecule has 0 saturated heterocycles. The van der Waals surface area contributed by atoms with Crippen LogP contribution >= 0.6 is 11.8 Å². The minimum Gasteiger partial charge on any atom is -0.322 e. The van der Waals surface area contributed by atoms with Gasteiger partial charge in [-0.25, -0.2) is 17.7 Å². The maximum Gasteiger partial charge on any atom is 0.255 e. The van der Waals surface area contributed by atoms with Gasteiger partial charge in [0.25, 0.3) is 5.91 Å². The number of carbonyl (C=O) groups is 1. The number of nitrogens with zero attached hydrogens (tertiary/aromatic N) is 2. The molecule has 1 N–H and O–H groups in total. The van der Waals surface area contributed by atoms with Gasteiger partial charge in [0.15, 0.2) is 0 Å². The molecule has 8 heteroatoms. The molecular formula is C22H23N3O3S2.